The zero-order chi connectivity index (χ0) is 10.9. The number of rotatable bonds is 2. The predicted molar refractivity (Wildman–Crippen MR) is 58.9 cm³/mol. The molecule has 0 saturated carbocycles. The quantitative estimate of drug-likeness (QED) is 0.799. The molecule has 1 heterocycles. The summed E-state index contributed by atoms with van der Waals surface area (Å²) in [6, 6.07) is 7.75. The van der Waals surface area contributed by atoms with E-state index in [4.69, 9.17) is 9.84 Å². The summed E-state index contributed by atoms with van der Waals surface area (Å²) in [7, 11) is 0. The van der Waals surface area contributed by atoms with Crippen LogP contribution in [0.15, 0.2) is 29.3 Å². The summed E-state index contributed by atoms with van der Waals surface area (Å²) in [6.45, 7) is 4.53. The van der Waals surface area contributed by atoms with E-state index in [0.717, 1.165) is 16.8 Å². The summed E-state index contributed by atoms with van der Waals surface area (Å²) in [5.74, 6) is 0. The van der Waals surface area contributed by atoms with Crippen molar-refractivity contribution in [2.24, 2.45) is 4.99 Å². The Kier molecular flexibility index (Phi) is 2.59. The third-order valence-electron chi connectivity index (χ3n) is 2.44. The second-order valence-corrected chi connectivity index (χ2v) is 4.15. The molecule has 15 heavy (non-hydrogen) atoms. The predicted octanol–water partition coefficient (Wildman–Crippen LogP) is 1.73. The van der Waals surface area contributed by atoms with Gasteiger partial charge in [-0.25, -0.2) is 0 Å². The molecule has 0 aromatic heterocycles. The Bertz CT molecular complexity index is 379. The van der Waals surface area contributed by atoms with E-state index in [0.29, 0.717) is 6.61 Å². The molecule has 80 valence electrons. The van der Waals surface area contributed by atoms with Crippen LogP contribution in [0.1, 0.15) is 25.0 Å². The van der Waals surface area contributed by atoms with Gasteiger partial charge in [-0.1, -0.05) is 24.3 Å². The van der Waals surface area contributed by atoms with Crippen molar-refractivity contribution in [3.05, 3.63) is 35.4 Å². The van der Waals surface area contributed by atoms with Gasteiger partial charge in [0.05, 0.1) is 18.9 Å². The molecular formula is C12H15NO2. The van der Waals surface area contributed by atoms with Crippen molar-refractivity contribution in [2.75, 3.05) is 6.61 Å². The summed E-state index contributed by atoms with van der Waals surface area (Å²) in [5.41, 5.74) is 2.56. The van der Waals surface area contributed by atoms with Crippen molar-refractivity contribution >= 4 is 5.71 Å². The number of nitrogens with zero attached hydrogens (tertiary/aromatic N) is 1. The monoisotopic (exact) mass is 205 g/mol. The Balaban J connectivity index is 2.24. The molecule has 0 aliphatic carbocycles. The number of ether oxygens (including phenoxy) is 1. The van der Waals surface area contributed by atoms with Gasteiger partial charge in [0.25, 0.3) is 0 Å². The van der Waals surface area contributed by atoms with Gasteiger partial charge < -0.3 is 9.84 Å². The van der Waals surface area contributed by atoms with Crippen molar-refractivity contribution < 1.29 is 9.84 Å². The van der Waals surface area contributed by atoms with Crippen molar-refractivity contribution in [1.82, 2.24) is 0 Å². The first kappa shape index (κ1) is 10.3. The third kappa shape index (κ3) is 2.25. The molecule has 1 aromatic carbocycles. The van der Waals surface area contributed by atoms with Crippen LogP contribution in [-0.2, 0) is 11.3 Å². The van der Waals surface area contributed by atoms with E-state index in [2.05, 4.69) is 4.99 Å². The Hall–Kier alpha value is -1.19. The molecule has 1 N–H and O–H groups in total. The van der Waals surface area contributed by atoms with Crippen LogP contribution in [-0.4, -0.2) is 23.2 Å². The minimum atomic E-state index is -0.398. The van der Waals surface area contributed by atoms with E-state index in [1.807, 2.05) is 38.1 Å². The summed E-state index contributed by atoms with van der Waals surface area (Å²) in [5, 5.41) is 8.92. The van der Waals surface area contributed by atoms with Gasteiger partial charge in [0, 0.05) is 0 Å². The smallest absolute Gasteiger partial charge is 0.154 e. The van der Waals surface area contributed by atoms with Crippen LogP contribution in [0.3, 0.4) is 0 Å². The van der Waals surface area contributed by atoms with E-state index in [-0.39, 0.29) is 6.61 Å². The molecule has 0 unspecified atom stereocenters. The van der Waals surface area contributed by atoms with Crippen LogP contribution in [0, 0.1) is 0 Å². The van der Waals surface area contributed by atoms with Crippen LogP contribution in [0.4, 0.5) is 0 Å². The molecule has 2 rings (SSSR count). The number of aliphatic hydroxyl groups excluding tert-OH is 1. The normalized spacial score (nSPS) is 19.0. The molecule has 1 aliphatic rings. The van der Waals surface area contributed by atoms with Crippen LogP contribution in [0.2, 0.25) is 0 Å². The lowest BCUT2D eigenvalue weighted by molar-refractivity contribution is 0.0327. The van der Waals surface area contributed by atoms with Crippen LogP contribution in [0.5, 0.6) is 0 Å². The number of hydrogen-bond acceptors (Lipinski definition) is 3. The fraction of sp³-hybridized carbons (Fsp3) is 0.417. The summed E-state index contributed by atoms with van der Waals surface area (Å²) in [6.07, 6.45) is 0. The SMILES string of the molecule is CC1(C)N=C(c2ccc(CO)cc2)CO1. The summed E-state index contributed by atoms with van der Waals surface area (Å²) >= 11 is 0. The highest BCUT2D eigenvalue weighted by Crippen LogP contribution is 2.21. The molecule has 3 heteroatoms. The molecule has 1 aromatic rings. The first-order valence-corrected chi connectivity index (χ1v) is 5.03. The Morgan fingerprint density at radius 3 is 2.47 bits per heavy atom. The standard InChI is InChI=1S/C12H15NO2/c1-12(2)13-11(8-15-12)10-5-3-9(7-14)4-6-10/h3-6,14H,7-8H2,1-2H3. The van der Waals surface area contributed by atoms with Gasteiger partial charge in [-0.15, -0.1) is 0 Å². The highest BCUT2D eigenvalue weighted by molar-refractivity contribution is 6.02. The van der Waals surface area contributed by atoms with E-state index in [1.165, 1.54) is 0 Å². The first-order valence-electron chi connectivity index (χ1n) is 5.03. The molecule has 0 fully saturated rings. The first-order chi connectivity index (χ1) is 7.11. The lowest BCUT2D eigenvalue weighted by Gasteiger charge is -2.11. The van der Waals surface area contributed by atoms with E-state index >= 15 is 0 Å². The Morgan fingerprint density at radius 1 is 1.33 bits per heavy atom. The van der Waals surface area contributed by atoms with E-state index in [1.54, 1.807) is 0 Å². The lowest BCUT2D eigenvalue weighted by atomic mass is 10.1. The average molecular weight is 205 g/mol. The average Bonchev–Trinajstić information content (AvgIpc) is 2.59. The molecule has 0 radical (unpaired) electrons. The largest absolute Gasteiger partial charge is 0.392 e. The fourth-order valence-corrected chi connectivity index (χ4v) is 1.58. The van der Waals surface area contributed by atoms with Gasteiger partial charge in [0.1, 0.15) is 0 Å². The van der Waals surface area contributed by atoms with Crippen LogP contribution >= 0.6 is 0 Å². The molecule has 0 saturated heterocycles. The van der Waals surface area contributed by atoms with Crippen LogP contribution in [0.25, 0.3) is 0 Å². The number of benzene rings is 1. The van der Waals surface area contributed by atoms with Gasteiger partial charge in [0.2, 0.25) is 0 Å². The van der Waals surface area contributed by atoms with Crippen molar-refractivity contribution in [3.8, 4) is 0 Å². The summed E-state index contributed by atoms with van der Waals surface area (Å²) in [4.78, 5) is 4.48. The lowest BCUT2D eigenvalue weighted by Crippen LogP contribution is -2.15. The van der Waals surface area contributed by atoms with Crippen molar-refractivity contribution in [3.63, 3.8) is 0 Å². The molecule has 1 aliphatic heterocycles. The zero-order valence-electron chi connectivity index (χ0n) is 9.03. The molecule has 0 spiro atoms. The second-order valence-electron chi connectivity index (χ2n) is 4.15. The Morgan fingerprint density at radius 2 is 2.00 bits per heavy atom. The van der Waals surface area contributed by atoms with Gasteiger partial charge >= 0.3 is 0 Å². The maximum absolute atomic E-state index is 8.92. The minimum absolute atomic E-state index is 0.0781. The fourth-order valence-electron chi connectivity index (χ4n) is 1.58. The maximum atomic E-state index is 8.92. The highest BCUT2D eigenvalue weighted by atomic mass is 16.5. The highest BCUT2D eigenvalue weighted by Gasteiger charge is 2.25. The molecule has 0 bridgehead atoms. The molecular weight excluding hydrogens is 190 g/mol. The van der Waals surface area contributed by atoms with Crippen molar-refractivity contribution in [2.45, 2.75) is 26.2 Å². The van der Waals surface area contributed by atoms with Crippen molar-refractivity contribution in [1.29, 1.82) is 0 Å². The third-order valence-corrected chi connectivity index (χ3v) is 2.44. The number of aliphatic imine (C=N–C) groups is 1. The van der Waals surface area contributed by atoms with E-state index < -0.39 is 5.72 Å². The minimum Gasteiger partial charge on any atom is -0.392 e. The number of hydrogen-bond donors (Lipinski definition) is 1. The summed E-state index contributed by atoms with van der Waals surface area (Å²) < 4.78 is 5.51. The molecule has 3 nitrogen and oxygen atoms in total. The van der Waals surface area contributed by atoms with Gasteiger partial charge in [-0.05, 0) is 25.0 Å². The van der Waals surface area contributed by atoms with Gasteiger partial charge in [0.15, 0.2) is 5.72 Å². The topological polar surface area (TPSA) is 41.8 Å². The number of aliphatic hydroxyl groups is 1. The van der Waals surface area contributed by atoms with Gasteiger partial charge in [-0.2, -0.15) is 0 Å². The Labute approximate surface area is 89.4 Å². The second kappa shape index (κ2) is 3.76. The zero-order valence-corrected chi connectivity index (χ0v) is 9.03. The maximum Gasteiger partial charge on any atom is 0.154 e. The molecule has 0 atom stereocenters. The van der Waals surface area contributed by atoms with E-state index in [9.17, 15) is 0 Å². The molecule has 0 amide bonds. The van der Waals surface area contributed by atoms with Crippen LogP contribution < -0.4 is 0 Å². The van der Waals surface area contributed by atoms with Gasteiger partial charge in [-0.3, -0.25) is 4.99 Å².